The summed E-state index contributed by atoms with van der Waals surface area (Å²) in [6, 6.07) is 6.82. The van der Waals surface area contributed by atoms with Gasteiger partial charge in [0.25, 0.3) is 0 Å². The van der Waals surface area contributed by atoms with Crippen LogP contribution < -0.4 is 5.32 Å². The van der Waals surface area contributed by atoms with Crippen molar-refractivity contribution in [3.8, 4) is 0 Å². The lowest BCUT2D eigenvalue weighted by Gasteiger charge is -2.08. The van der Waals surface area contributed by atoms with Crippen LogP contribution in [0.5, 0.6) is 0 Å². The van der Waals surface area contributed by atoms with E-state index in [0.29, 0.717) is 0 Å². The van der Waals surface area contributed by atoms with Crippen LogP contribution in [0.3, 0.4) is 0 Å². The lowest BCUT2D eigenvalue weighted by Crippen LogP contribution is -2.03. The van der Waals surface area contributed by atoms with Crippen LogP contribution in [0.15, 0.2) is 48.7 Å². The summed E-state index contributed by atoms with van der Waals surface area (Å²) in [7, 11) is 0. The minimum absolute atomic E-state index is 1.18. The first-order valence-corrected chi connectivity index (χ1v) is 5.86. The van der Waals surface area contributed by atoms with Crippen LogP contribution in [0.25, 0.3) is 5.70 Å². The molecule has 0 spiro atoms. The monoisotopic (exact) mass is 209 g/mol. The molecule has 0 unspecified atom stereocenters. The molecule has 2 aliphatic rings. The molecule has 1 nitrogen and oxygen atoms in total. The van der Waals surface area contributed by atoms with Crippen molar-refractivity contribution in [3.63, 3.8) is 0 Å². The molecule has 80 valence electrons. The Morgan fingerprint density at radius 2 is 1.88 bits per heavy atom. The molecule has 1 aliphatic heterocycles. The first kappa shape index (κ1) is 9.46. The summed E-state index contributed by atoms with van der Waals surface area (Å²) in [5.74, 6) is 0. The molecule has 0 radical (unpaired) electrons. The van der Waals surface area contributed by atoms with Gasteiger partial charge >= 0.3 is 0 Å². The van der Waals surface area contributed by atoms with Gasteiger partial charge in [-0.25, -0.2) is 0 Å². The fourth-order valence-electron chi connectivity index (χ4n) is 2.38. The Labute approximate surface area is 96.2 Å². The predicted molar refractivity (Wildman–Crippen MR) is 67.9 cm³/mol. The average Bonchev–Trinajstić information content (AvgIpc) is 2.61. The van der Waals surface area contributed by atoms with Crippen LogP contribution in [0.1, 0.15) is 23.1 Å². The van der Waals surface area contributed by atoms with Gasteiger partial charge in [0.15, 0.2) is 0 Å². The van der Waals surface area contributed by atoms with Crippen LogP contribution >= 0.6 is 0 Å². The van der Waals surface area contributed by atoms with Crippen LogP contribution in [0.4, 0.5) is 0 Å². The summed E-state index contributed by atoms with van der Waals surface area (Å²) < 4.78 is 0. The minimum Gasteiger partial charge on any atom is -0.361 e. The van der Waals surface area contributed by atoms with Gasteiger partial charge in [-0.1, -0.05) is 24.3 Å². The van der Waals surface area contributed by atoms with Crippen LogP contribution in [-0.4, -0.2) is 0 Å². The number of fused-ring (bicyclic) bond motifs is 1. The quantitative estimate of drug-likeness (QED) is 0.749. The van der Waals surface area contributed by atoms with Crippen molar-refractivity contribution in [3.05, 3.63) is 65.4 Å². The molecular weight excluding hydrogens is 194 g/mol. The summed E-state index contributed by atoms with van der Waals surface area (Å²) in [4.78, 5) is 0. The third kappa shape index (κ3) is 1.69. The molecule has 0 aromatic heterocycles. The van der Waals surface area contributed by atoms with E-state index in [4.69, 9.17) is 0 Å². The van der Waals surface area contributed by atoms with Crippen molar-refractivity contribution in [1.29, 1.82) is 0 Å². The summed E-state index contributed by atoms with van der Waals surface area (Å²) in [5.41, 5.74) is 5.53. The second-order valence-electron chi connectivity index (χ2n) is 4.31. The molecule has 0 bridgehead atoms. The zero-order valence-corrected chi connectivity index (χ0v) is 9.24. The van der Waals surface area contributed by atoms with Gasteiger partial charge in [-0.2, -0.15) is 0 Å². The maximum absolute atomic E-state index is 3.31. The second-order valence-corrected chi connectivity index (χ2v) is 4.31. The average molecular weight is 209 g/mol. The standard InChI is InChI=1S/C15H15N/c1-2-7-15(16-10-3-1)14-9-8-12-5-4-6-13(12)11-14/h1-3,7-11,16H,4-6H2. The maximum atomic E-state index is 3.31. The lowest BCUT2D eigenvalue weighted by atomic mass is 10.0. The van der Waals surface area contributed by atoms with Gasteiger partial charge in [-0.3, -0.25) is 0 Å². The molecule has 0 saturated carbocycles. The summed E-state index contributed by atoms with van der Waals surface area (Å²) >= 11 is 0. The Balaban J connectivity index is 1.98. The molecule has 1 N–H and O–H groups in total. The molecule has 1 heterocycles. The van der Waals surface area contributed by atoms with Gasteiger partial charge in [0.2, 0.25) is 0 Å². The smallest absolute Gasteiger partial charge is 0.0453 e. The van der Waals surface area contributed by atoms with E-state index in [2.05, 4.69) is 35.7 Å². The van der Waals surface area contributed by atoms with Crippen molar-refractivity contribution in [1.82, 2.24) is 5.32 Å². The number of aryl methyl sites for hydroxylation is 2. The number of nitrogens with one attached hydrogen (secondary N) is 1. The van der Waals surface area contributed by atoms with E-state index in [9.17, 15) is 0 Å². The van der Waals surface area contributed by atoms with E-state index >= 15 is 0 Å². The zero-order valence-electron chi connectivity index (χ0n) is 9.24. The molecule has 3 rings (SSSR count). The Hall–Kier alpha value is -1.76. The zero-order chi connectivity index (χ0) is 10.8. The lowest BCUT2D eigenvalue weighted by molar-refractivity contribution is 0.911. The minimum atomic E-state index is 1.18. The summed E-state index contributed by atoms with van der Waals surface area (Å²) in [6.07, 6.45) is 14.0. The Kier molecular flexibility index (Phi) is 2.37. The normalized spacial score (nSPS) is 17.6. The van der Waals surface area contributed by atoms with E-state index in [1.54, 1.807) is 0 Å². The number of allylic oxidation sites excluding steroid dienone is 4. The molecule has 0 fully saturated rings. The molecule has 1 heteroatoms. The van der Waals surface area contributed by atoms with Gasteiger partial charge in [0.05, 0.1) is 0 Å². The summed E-state index contributed by atoms with van der Waals surface area (Å²) in [5, 5.41) is 3.31. The maximum Gasteiger partial charge on any atom is 0.0453 e. The first-order chi connectivity index (χ1) is 7.93. The molecule has 0 amide bonds. The second kappa shape index (κ2) is 4.01. The fourth-order valence-corrected chi connectivity index (χ4v) is 2.38. The van der Waals surface area contributed by atoms with Gasteiger partial charge in [0, 0.05) is 11.9 Å². The number of hydrogen-bond acceptors (Lipinski definition) is 1. The van der Waals surface area contributed by atoms with Gasteiger partial charge < -0.3 is 5.32 Å². The molecule has 1 aromatic carbocycles. The largest absolute Gasteiger partial charge is 0.361 e. The number of benzene rings is 1. The van der Waals surface area contributed by atoms with Gasteiger partial charge in [-0.15, -0.1) is 0 Å². The van der Waals surface area contributed by atoms with Gasteiger partial charge in [0.1, 0.15) is 0 Å². The van der Waals surface area contributed by atoms with Crippen molar-refractivity contribution in [2.75, 3.05) is 0 Å². The third-order valence-electron chi connectivity index (χ3n) is 3.23. The first-order valence-electron chi connectivity index (χ1n) is 5.86. The van der Waals surface area contributed by atoms with E-state index in [0.717, 1.165) is 0 Å². The topological polar surface area (TPSA) is 12.0 Å². The molecule has 0 saturated heterocycles. The Morgan fingerprint density at radius 1 is 0.938 bits per heavy atom. The van der Waals surface area contributed by atoms with Crippen molar-refractivity contribution < 1.29 is 0 Å². The summed E-state index contributed by atoms with van der Waals surface area (Å²) in [6.45, 7) is 0. The molecule has 1 aromatic rings. The Morgan fingerprint density at radius 3 is 2.88 bits per heavy atom. The molecule has 1 aliphatic carbocycles. The van der Waals surface area contributed by atoms with E-state index in [1.807, 2.05) is 18.4 Å². The van der Waals surface area contributed by atoms with Crippen molar-refractivity contribution >= 4 is 5.70 Å². The van der Waals surface area contributed by atoms with Crippen molar-refractivity contribution in [2.24, 2.45) is 0 Å². The highest BCUT2D eigenvalue weighted by Gasteiger charge is 2.11. The third-order valence-corrected chi connectivity index (χ3v) is 3.23. The highest BCUT2D eigenvalue weighted by molar-refractivity contribution is 5.68. The molecule has 0 atom stereocenters. The van der Waals surface area contributed by atoms with Crippen LogP contribution in [0.2, 0.25) is 0 Å². The molecule has 16 heavy (non-hydrogen) atoms. The van der Waals surface area contributed by atoms with Crippen LogP contribution in [-0.2, 0) is 12.8 Å². The highest BCUT2D eigenvalue weighted by atomic mass is 14.8. The number of hydrogen-bond donors (Lipinski definition) is 1. The molecular formula is C15H15N. The SMILES string of the molecule is C1=CC=C(c2ccc3c(c2)CCC3)NC=C1. The van der Waals surface area contributed by atoms with E-state index < -0.39 is 0 Å². The van der Waals surface area contributed by atoms with Crippen molar-refractivity contribution in [2.45, 2.75) is 19.3 Å². The number of rotatable bonds is 1. The van der Waals surface area contributed by atoms with Crippen LogP contribution in [0, 0.1) is 0 Å². The fraction of sp³-hybridized carbons (Fsp3) is 0.200. The van der Waals surface area contributed by atoms with E-state index in [-0.39, 0.29) is 0 Å². The Bertz CT molecular complexity index is 492. The predicted octanol–water partition coefficient (Wildman–Crippen LogP) is 3.19. The van der Waals surface area contributed by atoms with E-state index in [1.165, 1.54) is 41.6 Å². The van der Waals surface area contributed by atoms with Gasteiger partial charge in [-0.05, 0) is 54.2 Å². The highest BCUT2D eigenvalue weighted by Crippen LogP contribution is 2.25.